The van der Waals surface area contributed by atoms with Gasteiger partial charge in [0.25, 0.3) is 0 Å². The number of carboxylic acids is 1. The maximum Gasteiger partial charge on any atom is 0.317 e. The molecule has 1 aromatic carbocycles. The Balaban J connectivity index is 2.21. The van der Waals surface area contributed by atoms with Crippen LogP contribution in [0.15, 0.2) is 43.0 Å². The molecule has 4 nitrogen and oxygen atoms in total. The number of fused-ring (bicyclic) bond motifs is 1. The van der Waals surface area contributed by atoms with E-state index in [9.17, 15) is 4.79 Å². The number of aromatic nitrogens is 1. The summed E-state index contributed by atoms with van der Waals surface area (Å²) in [6, 6.07) is 10.0. The molecule has 0 unspecified atom stereocenters. The summed E-state index contributed by atoms with van der Waals surface area (Å²) >= 11 is 0. The molecule has 0 radical (unpaired) electrons. The van der Waals surface area contributed by atoms with Crippen molar-refractivity contribution in [2.24, 2.45) is 0 Å². The minimum atomic E-state index is -0.829. The third-order valence-corrected chi connectivity index (χ3v) is 3.05. The fraction of sp³-hybridized carbons (Fsp3) is 0.250. The minimum absolute atomic E-state index is 0.0101. The molecule has 104 valence electrons. The van der Waals surface area contributed by atoms with E-state index in [0.29, 0.717) is 13.1 Å². The highest BCUT2D eigenvalue weighted by Gasteiger charge is 2.09. The highest BCUT2D eigenvalue weighted by Crippen LogP contribution is 2.16. The lowest BCUT2D eigenvalue weighted by Crippen LogP contribution is -2.29. The van der Waals surface area contributed by atoms with Crippen LogP contribution in [0.5, 0.6) is 0 Å². The summed E-state index contributed by atoms with van der Waals surface area (Å²) < 4.78 is 0. The summed E-state index contributed by atoms with van der Waals surface area (Å²) in [4.78, 5) is 17.1. The summed E-state index contributed by atoms with van der Waals surface area (Å²) in [5, 5.41) is 9.98. The van der Waals surface area contributed by atoms with Crippen LogP contribution in [-0.2, 0) is 11.3 Å². The Labute approximate surface area is 118 Å². The first kappa shape index (κ1) is 14.2. The highest BCUT2D eigenvalue weighted by atomic mass is 16.4. The molecule has 0 aliphatic rings. The standard InChI is InChI=1S/C16H18N2O2/c1-3-8-18(11-16(19)20)10-13-5-7-15-14(9-13)6-4-12(2)17-15/h3-7,9H,1,8,10-11H2,2H3,(H,19,20). The molecule has 0 aliphatic heterocycles. The van der Waals surface area contributed by atoms with E-state index in [1.807, 2.05) is 36.1 Å². The van der Waals surface area contributed by atoms with Crippen LogP contribution in [0.1, 0.15) is 11.3 Å². The maximum absolute atomic E-state index is 10.8. The molecule has 4 heteroatoms. The molecule has 0 saturated heterocycles. The van der Waals surface area contributed by atoms with Gasteiger partial charge in [-0.05, 0) is 30.7 Å². The van der Waals surface area contributed by atoms with Gasteiger partial charge in [-0.2, -0.15) is 0 Å². The molecule has 1 heterocycles. The summed E-state index contributed by atoms with van der Waals surface area (Å²) in [5.74, 6) is -0.829. The zero-order chi connectivity index (χ0) is 14.5. The number of aryl methyl sites for hydroxylation is 1. The van der Waals surface area contributed by atoms with Crippen LogP contribution in [0.4, 0.5) is 0 Å². The van der Waals surface area contributed by atoms with Gasteiger partial charge in [0.1, 0.15) is 0 Å². The second kappa shape index (κ2) is 6.30. The smallest absolute Gasteiger partial charge is 0.317 e. The Hall–Kier alpha value is -2.20. The van der Waals surface area contributed by atoms with E-state index in [1.54, 1.807) is 6.08 Å². The zero-order valence-electron chi connectivity index (χ0n) is 11.5. The molecule has 2 aromatic rings. The number of benzene rings is 1. The van der Waals surface area contributed by atoms with Crippen molar-refractivity contribution in [2.75, 3.05) is 13.1 Å². The van der Waals surface area contributed by atoms with Gasteiger partial charge in [-0.25, -0.2) is 0 Å². The number of aliphatic carboxylic acids is 1. The Kier molecular flexibility index (Phi) is 4.48. The van der Waals surface area contributed by atoms with Gasteiger partial charge >= 0.3 is 5.97 Å². The van der Waals surface area contributed by atoms with E-state index in [1.165, 1.54) is 0 Å². The van der Waals surface area contributed by atoms with Gasteiger partial charge in [0.05, 0.1) is 12.1 Å². The fourth-order valence-electron chi connectivity index (χ4n) is 2.19. The first-order valence-electron chi connectivity index (χ1n) is 6.50. The van der Waals surface area contributed by atoms with Crippen molar-refractivity contribution in [3.05, 3.63) is 54.2 Å². The number of hydrogen-bond donors (Lipinski definition) is 1. The summed E-state index contributed by atoms with van der Waals surface area (Å²) in [5.41, 5.74) is 3.03. The molecule has 20 heavy (non-hydrogen) atoms. The Morgan fingerprint density at radius 2 is 2.20 bits per heavy atom. The number of hydrogen-bond acceptors (Lipinski definition) is 3. The monoisotopic (exact) mass is 270 g/mol. The van der Waals surface area contributed by atoms with Crippen LogP contribution >= 0.6 is 0 Å². The zero-order valence-corrected chi connectivity index (χ0v) is 11.5. The molecule has 0 saturated carbocycles. The number of carboxylic acid groups (broad SMARTS) is 1. The predicted octanol–water partition coefficient (Wildman–Crippen LogP) is 2.62. The van der Waals surface area contributed by atoms with Crippen molar-refractivity contribution in [1.29, 1.82) is 0 Å². The number of carbonyl (C=O) groups is 1. The van der Waals surface area contributed by atoms with E-state index in [4.69, 9.17) is 5.11 Å². The minimum Gasteiger partial charge on any atom is -0.480 e. The largest absolute Gasteiger partial charge is 0.480 e. The summed E-state index contributed by atoms with van der Waals surface area (Å²) in [6.45, 7) is 6.78. The van der Waals surface area contributed by atoms with E-state index in [0.717, 1.165) is 22.2 Å². The molecule has 0 amide bonds. The van der Waals surface area contributed by atoms with Crippen molar-refractivity contribution < 1.29 is 9.90 Å². The Morgan fingerprint density at radius 1 is 1.40 bits per heavy atom. The topological polar surface area (TPSA) is 53.4 Å². The molecule has 1 aromatic heterocycles. The van der Waals surface area contributed by atoms with Crippen molar-refractivity contribution >= 4 is 16.9 Å². The molecular weight excluding hydrogens is 252 g/mol. The lowest BCUT2D eigenvalue weighted by Gasteiger charge is -2.18. The first-order valence-corrected chi connectivity index (χ1v) is 6.50. The maximum atomic E-state index is 10.8. The third-order valence-electron chi connectivity index (χ3n) is 3.05. The summed E-state index contributed by atoms with van der Waals surface area (Å²) in [6.07, 6.45) is 1.72. The predicted molar refractivity (Wildman–Crippen MR) is 79.6 cm³/mol. The third kappa shape index (κ3) is 3.65. The molecule has 0 atom stereocenters. The van der Waals surface area contributed by atoms with E-state index in [-0.39, 0.29) is 6.54 Å². The number of rotatable bonds is 6. The van der Waals surface area contributed by atoms with Crippen LogP contribution in [-0.4, -0.2) is 34.0 Å². The van der Waals surface area contributed by atoms with Crippen LogP contribution in [0.2, 0.25) is 0 Å². The van der Waals surface area contributed by atoms with Gasteiger partial charge < -0.3 is 5.11 Å². The van der Waals surface area contributed by atoms with Crippen LogP contribution in [0.3, 0.4) is 0 Å². The molecule has 2 rings (SSSR count). The molecule has 1 N–H and O–H groups in total. The van der Waals surface area contributed by atoms with Crippen LogP contribution in [0.25, 0.3) is 10.9 Å². The van der Waals surface area contributed by atoms with E-state index >= 15 is 0 Å². The fourth-order valence-corrected chi connectivity index (χ4v) is 2.19. The molecular formula is C16H18N2O2. The van der Waals surface area contributed by atoms with Crippen LogP contribution in [0, 0.1) is 6.92 Å². The number of nitrogens with zero attached hydrogens (tertiary/aromatic N) is 2. The quantitative estimate of drug-likeness (QED) is 0.820. The summed E-state index contributed by atoms with van der Waals surface area (Å²) in [7, 11) is 0. The lowest BCUT2D eigenvalue weighted by atomic mass is 10.1. The highest BCUT2D eigenvalue weighted by molar-refractivity contribution is 5.79. The van der Waals surface area contributed by atoms with Gasteiger partial charge in [-0.15, -0.1) is 6.58 Å². The molecule has 0 aliphatic carbocycles. The van der Waals surface area contributed by atoms with Crippen molar-refractivity contribution in [2.45, 2.75) is 13.5 Å². The van der Waals surface area contributed by atoms with Gasteiger partial charge in [0, 0.05) is 24.2 Å². The average Bonchev–Trinajstić information content (AvgIpc) is 2.38. The van der Waals surface area contributed by atoms with Crippen molar-refractivity contribution in [3.63, 3.8) is 0 Å². The average molecular weight is 270 g/mol. The van der Waals surface area contributed by atoms with Crippen LogP contribution < -0.4 is 0 Å². The normalized spacial score (nSPS) is 10.9. The van der Waals surface area contributed by atoms with Crippen molar-refractivity contribution in [1.82, 2.24) is 9.88 Å². The lowest BCUT2D eigenvalue weighted by molar-refractivity contribution is -0.138. The molecule has 0 bridgehead atoms. The van der Waals surface area contributed by atoms with Gasteiger partial charge in [0.2, 0.25) is 0 Å². The van der Waals surface area contributed by atoms with E-state index < -0.39 is 5.97 Å². The molecule has 0 fully saturated rings. The van der Waals surface area contributed by atoms with E-state index in [2.05, 4.69) is 17.6 Å². The van der Waals surface area contributed by atoms with Crippen molar-refractivity contribution in [3.8, 4) is 0 Å². The van der Waals surface area contributed by atoms with Gasteiger partial charge in [-0.3, -0.25) is 14.7 Å². The van der Waals surface area contributed by atoms with Gasteiger partial charge in [0.15, 0.2) is 0 Å². The Bertz CT molecular complexity index is 637. The second-order valence-corrected chi connectivity index (χ2v) is 4.83. The molecule has 0 spiro atoms. The van der Waals surface area contributed by atoms with Gasteiger partial charge in [-0.1, -0.05) is 18.2 Å². The number of pyridine rings is 1. The second-order valence-electron chi connectivity index (χ2n) is 4.83. The SMILES string of the molecule is C=CCN(CC(=O)O)Cc1ccc2nc(C)ccc2c1. The Morgan fingerprint density at radius 3 is 2.90 bits per heavy atom. The first-order chi connectivity index (χ1) is 9.58.